The Hall–Kier alpha value is -2.30. The molecule has 4 nitrogen and oxygen atoms in total. The highest BCUT2D eigenvalue weighted by molar-refractivity contribution is 5.89. The number of hydrogen-bond acceptors (Lipinski definition) is 3. The van der Waals surface area contributed by atoms with E-state index in [2.05, 4.69) is 9.97 Å². The number of hydrogen-bond donors (Lipinski definition) is 1. The fraction of sp³-hybridized carbons (Fsp3) is 0.267. The third kappa shape index (κ3) is 2.66. The van der Waals surface area contributed by atoms with Crippen molar-refractivity contribution in [3.8, 4) is 11.4 Å². The zero-order valence-electron chi connectivity index (χ0n) is 11.5. The minimum Gasteiger partial charge on any atom is -0.478 e. The zero-order chi connectivity index (χ0) is 14.9. The molecule has 1 aromatic carbocycles. The van der Waals surface area contributed by atoms with Crippen molar-refractivity contribution >= 4 is 5.97 Å². The topological polar surface area (TPSA) is 63.1 Å². The van der Waals surface area contributed by atoms with Crippen molar-refractivity contribution in [1.82, 2.24) is 9.97 Å². The monoisotopic (exact) mass is 274 g/mol. The molecule has 0 bridgehead atoms. The molecule has 5 heteroatoms. The zero-order valence-corrected chi connectivity index (χ0v) is 11.5. The van der Waals surface area contributed by atoms with Crippen LogP contribution < -0.4 is 0 Å². The van der Waals surface area contributed by atoms with Gasteiger partial charge in [0, 0.05) is 11.8 Å². The van der Waals surface area contributed by atoms with E-state index in [1.165, 1.54) is 18.3 Å². The SMILES string of the molecule is Cc1cc(F)ccc1-c1ncc(C(=O)O)c(C(C)C)n1. The highest BCUT2D eigenvalue weighted by Gasteiger charge is 2.17. The molecule has 0 fully saturated rings. The standard InChI is InChI=1S/C15H15FN2O2/c1-8(2)13-12(15(19)20)7-17-14(18-13)11-5-4-10(16)6-9(11)3/h4-8H,1-3H3,(H,19,20). The number of carboxylic acids is 1. The van der Waals surface area contributed by atoms with Crippen molar-refractivity contribution in [2.24, 2.45) is 0 Å². The van der Waals surface area contributed by atoms with Crippen molar-refractivity contribution in [2.75, 3.05) is 0 Å². The van der Waals surface area contributed by atoms with Crippen molar-refractivity contribution in [1.29, 1.82) is 0 Å². The maximum absolute atomic E-state index is 13.1. The fourth-order valence-electron chi connectivity index (χ4n) is 2.01. The molecular weight excluding hydrogens is 259 g/mol. The lowest BCUT2D eigenvalue weighted by molar-refractivity contribution is 0.0694. The van der Waals surface area contributed by atoms with Gasteiger partial charge in [-0.2, -0.15) is 0 Å². The first-order chi connectivity index (χ1) is 9.40. The number of aromatic carboxylic acids is 1. The van der Waals surface area contributed by atoms with E-state index in [4.69, 9.17) is 5.11 Å². The summed E-state index contributed by atoms with van der Waals surface area (Å²) >= 11 is 0. The van der Waals surface area contributed by atoms with Gasteiger partial charge in [0.15, 0.2) is 5.82 Å². The minimum atomic E-state index is -1.05. The number of aromatic nitrogens is 2. The first-order valence-corrected chi connectivity index (χ1v) is 6.27. The van der Waals surface area contributed by atoms with Crippen LogP contribution in [0.1, 0.15) is 41.4 Å². The maximum atomic E-state index is 13.1. The summed E-state index contributed by atoms with van der Waals surface area (Å²) in [5.41, 5.74) is 1.99. The van der Waals surface area contributed by atoms with Crippen LogP contribution in [0, 0.1) is 12.7 Å². The Labute approximate surface area is 116 Å². The van der Waals surface area contributed by atoms with Crippen molar-refractivity contribution in [3.05, 3.63) is 47.0 Å². The molecule has 0 aliphatic carbocycles. The van der Waals surface area contributed by atoms with Crippen LogP contribution in [0.15, 0.2) is 24.4 Å². The van der Waals surface area contributed by atoms with E-state index in [-0.39, 0.29) is 17.3 Å². The summed E-state index contributed by atoms with van der Waals surface area (Å²) in [5.74, 6) is -0.992. The Morgan fingerprint density at radius 3 is 2.60 bits per heavy atom. The van der Waals surface area contributed by atoms with Crippen molar-refractivity contribution < 1.29 is 14.3 Å². The van der Waals surface area contributed by atoms with E-state index in [0.717, 1.165) is 0 Å². The summed E-state index contributed by atoms with van der Waals surface area (Å²) in [4.78, 5) is 19.6. The van der Waals surface area contributed by atoms with Gasteiger partial charge in [0.1, 0.15) is 5.82 Å². The molecule has 0 saturated heterocycles. The molecule has 0 amide bonds. The Bertz CT molecular complexity index is 669. The molecule has 0 aliphatic heterocycles. The van der Waals surface area contributed by atoms with Crippen LogP contribution in [0.2, 0.25) is 0 Å². The molecule has 2 aromatic rings. The lowest BCUT2D eigenvalue weighted by atomic mass is 10.0. The van der Waals surface area contributed by atoms with Gasteiger partial charge in [-0.3, -0.25) is 0 Å². The van der Waals surface area contributed by atoms with Gasteiger partial charge in [0.2, 0.25) is 0 Å². The molecule has 2 rings (SSSR count). The predicted octanol–water partition coefficient (Wildman–Crippen LogP) is 3.41. The van der Waals surface area contributed by atoms with Crippen LogP contribution in [-0.2, 0) is 0 Å². The lowest BCUT2D eigenvalue weighted by Gasteiger charge is -2.11. The van der Waals surface area contributed by atoms with Gasteiger partial charge in [0.25, 0.3) is 0 Å². The summed E-state index contributed by atoms with van der Waals surface area (Å²) in [5, 5.41) is 9.14. The molecule has 0 saturated carbocycles. The Kier molecular flexibility index (Phi) is 3.79. The molecular formula is C15H15FN2O2. The van der Waals surface area contributed by atoms with Gasteiger partial charge in [0.05, 0.1) is 11.3 Å². The molecule has 1 N–H and O–H groups in total. The largest absolute Gasteiger partial charge is 0.478 e. The Morgan fingerprint density at radius 1 is 1.35 bits per heavy atom. The third-order valence-electron chi connectivity index (χ3n) is 3.02. The molecule has 0 unspecified atom stereocenters. The summed E-state index contributed by atoms with van der Waals surface area (Å²) in [6.07, 6.45) is 1.31. The predicted molar refractivity (Wildman–Crippen MR) is 73.2 cm³/mol. The van der Waals surface area contributed by atoms with Crippen molar-refractivity contribution in [3.63, 3.8) is 0 Å². The molecule has 0 atom stereocenters. The molecule has 0 aliphatic rings. The summed E-state index contributed by atoms with van der Waals surface area (Å²) in [7, 11) is 0. The average Bonchev–Trinajstić information content (AvgIpc) is 2.37. The maximum Gasteiger partial charge on any atom is 0.339 e. The summed E-state index contributed by atoms with van der Waals surface area (Å²) in [6, 6.07) is 4.34. The minimum absolute atomic E-state index is 0.0383. The van der Waals surface area contributed by atoms with Crippen molar-refractivity contribution in [2.45, 2.75) is 26.7 Å². The van der Waals surface area contributed by atoms with Crippen LogP contribution in [0.25, 0.3) is 11.4 Å². The highest BCUT2D eigenvalue weighted by atomic mass is 19.1. The number of rotatable bonds is 3. The van der Waals surface area contributed by atoms with Crippen LogP contribution in [0.3, 0.4) is 0 Å². The molecule has 20 heavy (non-hydrogen) atoms. The molecule has 1 aromatic heterocycles. The number of nitrogens with zero attached hydrogens (tertiary/aromatic N) is 2. The second-order valence-corrected chi connectivity index (χ2v) is 4.91. The van der Waals surface area contributed by atoms with Crippen LogP contribution in [0.4, 0.5) is 4.39 Å². The lowest BCUT2D eigenvalue weighted by Crippen LogP contribution is -2.09. The van der Waals surface area contributed by atoms with E-state index in [1.807, 2.05) is 13.8 Å². The van der Waals surface area contributed by atoms with E-state index in [0.29, 0.717) is 22.6 Å². The number of carboxylic acid groups (broad SMARTS) is 1. The average molecular weight is 274 g/mol. The normalized spacial score (nSPS) is 10.8. The van der Waals surface area contributed by atoms with Gasteiger partial charge >= 0.3 is 5.97 Å². The van der Waals surface area contributed by atoms with Gasteiger partial charge in [-0.05, 0) is 36.6 Å². The van der Waals surface area contributed by atoms with E-state index < -0.39 is 5.97 Å². The van der Waals surface area contributed by atoms with Crippen LogP contribution in [-0.4, -0.2) is 21.0 Å². The molecule has 104 valence electrons. The third-order valence-corrected chi connectivity index (χ3v) is 3.02. The Morgan fingerprint density at radius 2 is 2.05 bits per heavy atom. The van der Waals surface area contributed by atoms with Crippen LogP contribution >= 0.6 is 0 Å². The fourth-order valence-corrected chi connectivity index (χ4v) is 2.01. The first kappa shape index (κ1) is 14.1. The smallest absolute Gasteiger partial charge is 0.339 e. The van der Waals surface area contributed by atoms with E-state index >= 15 is 0 Å². The van der Waals surface area contributed by atoms with Crippen LogP contribution in [0.5, 0.6) is 0 Å². The highest BCUT2D eigenvalue weighted by Crippen LogP contribution is 2.24. The molecule has 0 radical (unpaired) electrons. The van der Waals surface area contributed by atoms with E-state index in [1.54, 1.807) is 13.0 Å². The Balaban J connectivity index is 2.59. The number of aryl methyl sites for hydroxylation is 1. The summed E-state index contributed by atoms with van der Waals surface area (Å²) in [6.45, 7) is 5.51. The van der Waals surface area contributed by atoms with Gasteiger partial charge < -0.3 is 5.11 Å². The second-order valence-electron chi connectivity index (χ2n) is 4.91. The number of carbonyl (C=O) groups is 1. The van der Waals surface area contributed by atoms with Gasteiger partial charge in [-0.1, -0.05) is 13.8 Å². The number of benzene rings is 1. The van der Waals surface area contributed by atoms with Gasteiger partial charge in [-0.25, -0.2) is 19.2 Å². The van der Waals surface area contributed by atoms with Gasteiger partial charge in [-0.15, -0.1) is 0 Å². The molecule has 1 heterocycles. The first-order valence-electron chi connectivity index (χ1n) is 6.27. The van der Waals surface area contributed by atoms with E-state index in [9.17, 15) is 9.18 Å². The second kappa shape index (κ2) is 5.36. The molecule has 0 spiro atoms. The summed E-state index contributed by atoms with van der Waals surface area (Å²) < 4.78 is 13.1. The number of halogens is 1. The quantitative estimate of drug-likeness (QED) is 0.931.